The van der Waals surface area contributed by atoms with Crippen molar-refractivity contribution in [1.29, 1.82) is 0 Å². The molecule has 3 rings (SSSR count). The van der Waals surface area contributed by atoms with Crippen LogP contribution in [0.15, 0.2) is 24.4 Å². The normalized spacial score (nSPS) is 19.2. The van der Waals surface area contributed by atoms with E-state index in [1.807, 2.05) is 11.0 Å². The third kappa shape index (κ3) is 2.35. The average Bonchev–Trinajstić information content (AvgIpc) is 2.47. The highest BCUT2D eigenvalue weighted by Crippen LogP contribution is 2.18. The van der Waals surface area contributed by atoms with Crippen molar-refractivity contribution in [3.8, 4) is 0 Å². The highest BCUT2D eigenvalue weighted by Gasteiger charge is 2.25. The van der Waals surface area contributed by atoms with E-state index >= 15 is 0 Å². The summed E-state index contributed by atoms with van der Waals surface area (Å²) in [6.45, 7) is 1.70. The summed E-state index contributed by atoms with van der Waals surface area (Å²) in [6.07, 6.45) is 1.66. The van der Waals surface area contributed by atoms with Crippen molar-refractivity contribution in [2.45, 2.75) is 6.04 Å². The van der Waals surface area contributed by atoms with Gasteiger partial charge in [-0.25, -0.2) is 4.98 Å². The lowest BCUT2D eigenvalue weighted by Crippen LogP contribution is -2.54. The summed E-state index contributed by atoms with van der Waals surface area (Å²) in [7, 11) is 0. The van der Waals surface area contributed by atoms with E-state index in [0.717, 1.165) is 11.0 Å². The number of hydrogen-bond acceptors (Lipinski definition) is 6. The van der Waals surface area contributed by atoms with E-state index in [-0.39, 0.29) is 0 Å². The average molecular weight is 273 g/mol. The third-order valence-corrected chi connectivity index (χ3v) is 3.35. The molecule has 0 bridgehead atoms. The smallest absolute Gasteiger partial charge is 0.322 e. The number of carboxylic acid groups (broad SMARTS) is 1. The van der Waals surface area contributed by atoms with Crippen LogP contribution in [0.4, 0.5) is 11.5 Å². The Labute approximate surface area is 115 Å². The molecule has 1 saturated heterocycles. The molecule has 7 nitrogen and oxygen atoms in total. The van der Waals surface area contributed by atoms with Gasteiger partial charge in [0.15, 0.2) is 0 Å². The van der Waals surface area contributed by atoms with Crippen LogP contribution in [0.2, 0.25) is 0 Å². The van der Waals surface area contributed by atoms with Gasteiger partial charge in [0.1, 0.15) is 11.9 Å². The van der Waals surface area contributed by atoms with Gasteiger partial charge >= 0.3 is 5.97 Å². The first-order valence-electron chi connectivity index (χ1n) is 6.37. The summed E-state index contributed by atoms with van der Waals surface area (Å²) >= 11 is 0. The van der Waals surface area contributed by atoms with Crippen molar-refractivity contribution in [2.75, 3.05) is 30.3 Å². The topological polar surface area (TPSA) is 104 Å². The molecule has 4 N–H and O–H groups in total. The number of nitrogen functional groups attached to an aromatic ring is 1. The molecule has 2 aromatic rings. The lowest BCUT2D eigenvalue weighted by atomic mass is 10.2. The Kier molecular flexibility index (Phi) is 3.11. The monoisotopic (exact) mass is 273 g/mol. The Balaban J connectivity index is 1.90. The van der Waals surface area contributed by atoms with Crippen LogP contribution in [-0.4, -0.2) is 46.7 Å². The van der Waals surface area contributed by atoms with Gasteiger partial charge in [0.25, 0.3) is 0 Å². The van der Waals surface area contributed by atoms with E-state index in [2.05, 4.69) is 15.3 Å². The second-order valence-electron chi connectivity index (χ2n) is 4.77. The summed E-state index contributed by atoms with van der Waals surface area (Å²) < 4.78 is 0. The highest BCUT2D eigenvalue weighted by atomic mass is 16.4. The van der Waals surface area contributed by atoms with Crippen LogP contribution >= 0.6 is 0 Å². The number of rotatable bonds is 2. The molecule has 1 atom stereocenters. The quantitative estimate of drug-likeness (QED) is 0.665. The zero-order valence-electron chi connectivity index (χ0n) is 10.8. The second-order valence-corrected chi connectivity index (χ2v) is 4.77. The number of carboxylic acids is 1. The Morgan fingerprint density at radius 2 is 2.30 bits per heavy atom. The zero-order valence-corrected chi connectivity index (χ0v) is 10.8. The molecule has 0 spiro atoms. The minimum Gasteiger partial charge on any atom is -0.480 e. The molecule has 104 valence electrons. The van der Waals surface area contributed by atoms with E-state index in [4.69, 9.17) is 10.8 Å². The molecular formula is C13H15N5O2. The number of nitrogens with two attached hydrogens (primary N) is 1. The van der Waals surface area contributed by atoms with Crippen molar-refractivity contribution in [1.82, 2.24) is 15.3 Å². The van der Waals surface area contributed by atoms with Crippen LogP contribution in [0.25, 0.3) is 11.0 Å². The molecular weight excluding hydrogens is 258 g/mol. The Bertz CT molecular complexity index is 660. The number of nitrogens with zero attached hydrogens (tertiary/aromatic N) is 3. The van der Waals surface area contributed by atoms with Gasteiger partial charge in [0.2, 0.25) is 0 Å². The van der Waals surface area contributed by atoms with E-state index in [1.165, 1.54) is 0 Å². The fourth-order valence-corrected chi connectivity index (χ4v) is 2.29. The van der Waals surface area contributed by atoms with Crippen molar-refractivity contribution < 1.29 is 9.90 Å². The maximum absolute atomic E-state index is 11.0. The molecule has 0 aliphatic carbocycles. The van der Waals surface area contributed by atoms with Crippen molar-refractivity contribution in [3.63, 3.8) is 0 Å². The van der Waals surface area contributed by atoms with Gasteiger partial charge in [-0.15, -0.1) is 0 Å². The maximum atomic E-state index is 11.0. The Hall–Kier alpha value is -2.41. The van der Waals surface area contributed by atoms with E-state index in [1.54, 1.807) is 18.3 Å². The summed E-state index contributed by atoms with van der Waals surface area (Å²) in [6, 6.07) is 4.79. The molecule has 1 aromatic heterocycles. The number of aliphatic carboxylic acids is 1. The lowest BCUT2D eigenvalue weighted by molar-refractivity contribution is -0.139. The number of piperazine rings is 1. The lowest BCUT2D eigenvalue weighted by Gasteiger charge is -2.32. The van der Waals surface area contributed by atoms with Crippen molar-refractivity contribution >= 4 is 28.5 Å². The zero-order chi connectivity index (χ0) is 14.1. The first-order chi connectivity index (χ1) is 9.63. The summed E-state index contributed by atoms with van der Waals surface area (Å²) in [4.78, 5) is 21.8. The number of anilines is 2. The fourth-order valence-electron chi connectivity index (χ4n) is 2.29. The molecule has 1 aromatic carbocycles. The van der Waals surface area contributed by atoms with E-state index in [0.29, 0.717) is 31.1 Å². The minimum atomic E-state index is -0.851. The molecule has 0 radical (unpaired) electrons. The van der Waals surface area contributed by atoms with Crippen LogP contribution in [0.3, 0.4) is 0 Å². The predicted molar refractivity (Wildman–Crippen MR) is 75.6 cm³/mol. The first-order valence-corrected chi connectivity index (χ1v) is 6.37. The number of aromatic nitrogens is 2. The van der Waals surface area contributed by atoms with E-state index < -0.39 is 12.0 Å². The first kappa shape index (κ1) is 12.6. The van der Waals surface area contributed by atoms with Gasteiger partial charge in [0, 0.05) is 25.3 Å². The maximum Gasteiger partial charge on any atom is 0.322 e. The largest absolute Gasteiger partial charge is 0.480 e. The molecule has 0 saturated carbocycles. The third-order valence-electron chi connectivity index (χ3n) is 3.35. The predicted octanol–water partition coefficient (Wildman–Crippen LogP) is 0.0748. The van der Waals surface area contributed by atoms with Crippen molar-refractivity contribution in [2.24, 2.45) is 0 Å². The number of carbonyl (C=O) groups is 1. The number of benzene rings is 1. The van der Waals surface area contributed by atoms with Gasteiger partial charge < -0.3 is 21.1 Å². The van der Waals surface area contributed by atoms with Crippen LogP contribution in [0.5, 0.6) is 0 Å². The van der Waals surface area contributed by atoms with Gasteiger partial charge in [-0.05, 0) is 18.2 Å². The minimum absolute atomic E-state index is 0.379. The second kappa shape index (κ2) is 4.93. The fraction of sp³-hybridized carbons (Fsp3) is 0.308. The molecule has 0 amide bonds. The van der Waals surface area contributed by atoms with Crippen LogP contribution in [-0.2, 0) is 4.79 Å². The van der Waals surface area contributed by atoms with Gasteiger partial charge in [-0.2, -0.15) is 0 Å². The van der Waals surface area contributed by atoms with E-state index in [9.17, 15) is 4.79 Å². The molecule has 20 heavy (non-hydrogen) atoms. The summed E-state index contributed by atoms with van der Waals surface area (Å²) in [5, 5.41) is 12.0. The van der Waals surface area contributed by atoms with Crippen LogP contribution in [0, 0.1) is 0 Å². The van der Waals surface area contributed by atoms with Gasteiger partial charge in [-0.1, -0.05) is 0 Å². The number of fused-ring (bicyclic) bond motifs is 1. The van der Waals surface area contributed by atoms with Crippen LogP contribution < -0.4 is 16.0 Å². The standard InChI is InChI=1S/C13H15N5O2/c14-8-1-2-9-10(5-8)16-6-12(17-9)18-4-3-15-11(7-18)13(19)20/h1-2,5-6,11,15H,3-4,7,14H2,(H,19,20)/t11-/m1/s1. The summed E-state index contributed by atoms with van der Waals surface area (Å²) in [5.74, 6) is -0.161. The highest BCUT2D eigenvalue weighted by molar-refractivity contribution is 5.79. The Morgan fingerprint density at radius 3 is 3.10 bits per heavy atom. The Morgan fingerprint density at radius 1 is 1.45 bits per heavy atom. The molecule has 2 heterocycles. The van der Waals surface area contributed by atoms with Gasteiger partial charge in [-0.3, -0.25) is 9.78 Å². The molecule has 1 aliphatic rings. The number of hydrogen-bond donors (Lipinski definition) is 3. The molecule has 1 aliphatic heterocycles. The van der Waals surface area contributed by atoms with Gasteiger partial charge in [0.05, 0.1) is 17.2 Å². The molecule has 0 unspecified atom stereocenters. The number of nitrogens with one attached hydrogen (secondary N) is 1. The molecule has 1 fully saturated rings. The molecule has 7 heteroatoms. The van der Waals surface area contributed by atoms with Crippen molar-refractivity contribution in [3.05, 3.63) is 24.4 Å². The summed E-state index contributed by atoms with van der Waals surface area (Å²) in [5.41, 5.74) is 7.84. The van der Waals surface area contributed by atoms with Crippen LogP contribution in [0.1, 0.15) is 0 Å². The SMILES string of the molecule is Nc1ccc2nc(N3CCN[C@@H](C(=O)O)C3)cnc2c1.